The normalized spacial score (nSPS) is 14.9. The molecule has 2 rings (SSSR count). The van der Waals surface area contributed by atoms with E-state index in [1.54, 1.807) is 0 Å². The summed E-state index contributed by atoms with van der Waals surface area (Å²) in [4.78, 5) is 4.28. The topological polar surface area (TPSA) is 34.1 Å². The highest BCUT2D eigenvalue weighted by Gasteiger charge is 2.20. The third-order valence-corrected chi connectivity index (χ3v) is 3.02. The molecule has 1 aliphatic carbocycles. The van der Waals surface area contributed by atoms with Gasteiger partial charge < -0.3 is 10.1 Å². The van der Waals surface area contributed by atoms with Crippen molar-refractivity contribution in [2.24, 2.45) is 5.92 Å². The van der Waals surface area contributed by atoms with Gasteiger partial charge in [0.25, 0.3) is 0 Å². The van der Waals surface area contributed by atoms with Crippen LogP contribution < -0.4 is 5.32 Å². The van der Waals surface area contributed by atoms with Gasteiger partial charge in [0, 0.05) is 19.3 Å². The maximum atomic E-state index is 5.67. The van der Waals surface area contributed by atoms with Gasteiger partial charge in [-0.1, -0.05) is 19.8 Å². The number of nitrogens with zero attached hydrogens (tertiary/aromatic N) is 1. The van der Waals surface area contributed by atoms with Gasteiger partial charge in [-0.2, -0.15) is 0 Å². The molecular weight excluding hydrogens is 212 g/mol. The molecular formula is C14H22N2O. The fourth-order valence-corrected chi connectivity index (χ4v) is 1.76. The Balaban J connectivity index is 1.70. The number of hydrogen-bond donors (Lipinski definition) is 1. The molecule has 1 aromatic rings. The second-order valence-corrected chi connectivity index (χ2v) is 4.76. The molecule has 3 heteroatoms. The first-order valence-corrected chi connectivity index (χ1v) is 6.65. The smallest absolute Gasteiger partial charge is 0.126 e. The Labute approximate surface area is 104 Å². The molecule has 0 radical (unpaired) electrons. The minimum Gasteiger partial charge on any atom is -0.377 e. The molecule has 1 saturated carbocycles. The summed E-state index contributed by atoms with van der Waals surface area (Å²) < 4.78 is 5.67. The molecule has 0 atom stereocenters. The second kappa shape index (κ2) is 6.60. The number of ether oxygens (including phenoxy) is 1. The number of rotatable bonds is 8. The van der Waals surface area contributed by atoms with Gasteiger partial charge in [0.2, 0.25) is 0 Å². The molecule has 0 aromatic carbocycles. The van der Waals surface area contributed by atoms with Crippen molar-refractivity contribution in [1.82, 2.24) is 4.98 Å². The molecule has 17 heavy (non-hydrogen) atoms. The number of pyridine rings is 1. The summed E-state index contributed by atoms with van der Waals surface area (Å²) in [6.45, 7) is 4.72. The van der Waals surface area contributed by atoms with Crippen LogP contribution in [-0.4, -0.2) is 18.1 Å². The fourth-order valence-electron chi connectivity index (χ4n) is 1.76. The fraction of sp³-hybridized carbons (Fsp3) is 0.643. The van der Waals surface area contributed by atoms with E-state index in [4.69, 9.17) is 4.74 Å². The molecule has 0 spiro atoms. The minimum absolute atomic E-state index is 0.704. The highest BCUT2D eigenvalue weighted by molar-refractivity contribution is 5.37. The Morgan fingerprint density at radius 3 is 3.12 bits per heavy atom. The quantitative estimate of drug-likeness (QED) is 0.701. The molecule has 1 N–H and O–H groups in total. The van der Waals surface area contributed by atoms with E-state index >= 15 is 0 Å². The highest BCUT2D eigenvalue weighted by atomic mass is 16.5. The third kappa shape index (κ3) is 4.73. The van der Waals surface area contributed by atoms with Crippen molar-refractivity contribution >= 4 is 5.82 Å². The lowest BCUT2D eigenvalue weighted by molar-refractivity contribution is 0.115. The van der Waals surface area contributed by atoms with Gasteiger partial charge in [-0.15, -0.1) is 0 Å². The largest absolute Gasteiger partial charge is 0.377 e. The van der Waals surface area contributed by atoms with E-state index in [1.165, 1.54) is 24.8 Å². The maximum absolute atomic E-state index is 5.67. The maximum Gasteiger partial charge on any atom is 0.126 e. The van der Waals surface area contributed by atoms with Crippen LogP contribution in [0.25, 0.3) is 0 Å². The van der Waals surface area contributed by atoms with E-state index in [0.29, 0.717) is 6.61 Å². The highest BCUT2D eigenvalue weighted by Crippen LogP contribution is 2.32. The SMILES string of the molecule is CCCNc1cc(COCCC2CC2)ccn1. The summed E-state index contributed by atoms with van der Waals surface area (Å²) in [5.74, 6) is 1.91. The zero-order chi connectivity index (χ0) is 11.9. The summed E-state index contributed by atoms with van der Waals surface area (Å²) >= 11 is 0. The van der Waals surface area contributed by atoms with Gasteiger partial charge >= 0.3 is 0 Å². The van der Waals surface area contributed by atoms with Crippen LogP contribution >= 0.6 is 0 Å². The molecule has 3 nitrogen and oxygen atoms in total. The standard InChI is InChI=1S/C14H22N2O/c1-2-7-15-14-10-13(5-8-16-14)11-17-9-6-12-3-4-12/h5,8,10,12H,2-4,6-7,9,11H2,1H3,(H,15,16). The number of aromatic nitrogens is 1. The van der Waals surface area contributed by atoms with Crippen molar-refractivity contribution in [3.63, 3.8) is 0 Å². The van der Waals surface area contributed by atoms with Gasteiger partial charge in [0.05, 0.1) is 6.61 Å². The van der Waals surface area contributed by atoms with Gasteiger partial charge in [-0.25, -0.2) is 4.98 Å². The van der Waals surface area contributed by atoms with Crippen LogP contribution in [0.2, 0.25) is 0 Å². The molecule has 1 heterocycles. The summed E-state index contributed by atoms with van der Waals surface area (Å²) in [5.41, 5.74) is 1.20. The summed E-state index contributed by atoms with van der Waals surface area (Å²) in [6.07, 6.45) is 7.00. The molecule has 1 aliphatic rings. The Morgan fingerprint density at radius 1 is 1.47 bits per heavy atom. The third-order valence-electron chi connectivity index (χ3n) is 3.02. The van der Waals surface area contributed by atoms with Crippen LogP contribution in [0.5, 0.6) is 0 Å². The first-order valence-electron chi connectivity index (χ1n) is 6.65. The van der Waals surface area contributed by atoms with Crippen LogP contribution in [0.1, 0.15) is 38.2 Å². The van der Waals surface area contributed by atoms with Crippen LogP contribution in [0.3, 0.4) is 0 Å². The van der Waals surface area contributed by atoms with E-state index in [9.17, 15) is 0 Å². The zero-order valence-corrected chi connectivity index (χ0v) is 10.6. The van der Waals surface area contributed by atoms with E-state index < -0.39 is 0 Å². The molecule has 0 unspecified atom stereocenters. The second-order valence-electron chi connectivity index (χ2n) is 4.76. The molecule has 0 aliphatic heterocycles. The molecule has 1 fully saturated rings. The van der Waals surface area contributed by atoms with Crippen LogP contribution in [0.15, 0.2) is 18.3 Å². The van der Waals surface area contributed by atoms with E-state index in [2.05, 4.69) is 23.3 Å². The average Bonchev–Trinajstić information content (AvgIpc) is 3.17. The molecule has 0 bridgehead atoms. The molecule has 94 valence electrons. The first-order chi connectivity index (χ1) is 8.38. The van der Waals surface area contributed by atoms with Crippen molar-refractivity contribution in [3.8, 4) is 0 Å². The van der Waals surface area contributed by atoms with Crippen molar-refractivity contribution < 1.29 is 4.74 Å². The Bertz CT molecular complexity index is 337. The molecule has 0 amide bonds. The Hall–Kier alpha value is -1.09. The van der Waals surface area contributed by atoms with E-state index in [1.807, 2.05) is 12.3 Å². The van der Waals surface area contributed by atoms with Crippen molar-refractivity contribution in [2.75, 3.05) is 18.5 Å². The van der Waals surface area contributed by atoms with Gasteiger partial charge in [0.15, 0.2) is 0 Å². The van der Waals surface area contributed by atoms with Crippen molar-refractivity contribution in [3.05, 3.63) is 23.9 Å². The first kappa shape index (κ1) is 12.4. The van der Waals surface area contributed by atoms with Crippen molar-refractivity contribution in [1.29, 1.82) is 0 Å². The van der Waals surface area contributed by atoms with Gasteiger partial charge in [-0.3, -0.25) is 0 Å². The van der Waals surface area contributed by atoms with E-state index in [-0.39, 0.29) is 0 Å². The predicted octanol–water partition coefficient (Wildman–Crippen LogP) is 3.22. The molecule has 1 aromatic heterocycles. The number of anilines is 1. The number of hydrogen-bond acceptors (Lipinski definition) is 3. The predicted molar refractivity (Wildman–Crippen MR) is 70.0 cm³/mol. The van der Waals surface area contributed by atoms with Crippen LogP contribution in [0, 0.1) is 5.92 Å². The molecule has 0 saturated heterocycles. The number of nitrogens with one attached hydrogen (secondary N) is 1. The minimum atomic E-state index is 0.704. The average molecular weight is 234 g/mol. The lowest BCUT2D eigenvalue weighted by atomic mass is 10.2. The van der Waals surface area contributed by atoms with Gasteiger partial charge in [-0.05, 0) is 36.5 Å². The summed E-state index contributed by atoms with van der Waals surface area (Å²) in [7, 11) is 0. The lowest BCUT2D eigenvalue weighted by Gasteiger charge is -2.07. The lowest BCUT2D eigenvalue weighted by Crippen LogP contribution is -2.03. The van der Waals surface area contributed by atoms with Gasteiger partial charge in [0.1, 0.15) is 5.82 Å². The summed E-state index contributed by atoms with van der Waals surface area (Å²) in [6, 6.07) is 4.10. The van der Waals surface area contributed by atoms with E-state index in [0.717, 1.165) is 31.3 Å². The van der Waals surface area contributed by atoms with Crippen LogP contribution in [-0.2, 0) is 11.3 Å². The zero-order valence-electron chi connectivity index (χ0n) is 10.6. The summed E-state index contributed by atoms with van der Waals surface area (Å²) in [5, 5.41) is 3.29. The Kier molecular flexibility index (Phi) is 4.80. The van der Waals surface area contributed by atoms with Crippen LogP contribution in [0.4, 0.5) is 5.82 Å². The Morgan fingerprint density at radius 2 is 2.35 bits per heavy atom. The van der Waals surface area contributed by atoms with Crippen molar-refractivity contribution in [2.45, 2.75) is 39.2 Å². The monoisotopic (exact) mass is 234 g/mol.